The number of rotatable bonds is 6. The van der Waals surface area contributed by atoms with Crippen LogP contribution in [0.4, 0.5) is 4.79 Å². The van der Waals surface area contributed by atoms with Crippen LogP contribution < -0.4 is 10.1 Å². The monoisotopic (exact) mass is 388 g/mol. The molecule has 2 aromatic rings. The Labute approximate surface area is 164 Å². The van der Waals surface area contributed by atoms with Gasteiger partial charge in [0.2, 0.25) is 0 Å². The lowest BCUT2D eigenvalue weighted by Gasteiger charge is -2.37. The lowest BCUT2D eigenvalue weighted by molar-refractivity contribution is 0.111. The van der Waals surface area contributed by atoms with Crippen molar-refractivity contribution in [1.82, 2.24) is 10.3 Å². The number of amides is 1. The molecule has 3 rings (SSSR count). The standard InChI is InChI=1S/C21H25ClN2O3/c1-20(2,3)18(24-19(25)26)21(8-9-21)13-27-17-10-15(11-23-12-17)14-4-6-16(22)7-5-14/h4-7,10-12,18,24H,8-9,13H2,1-3H3,(H,25,26). The van der Waals surface area contributed by atoms with E-state index in [9.17, 15) is 9.90 Å². The smallest absolute Gasteiger partial charge is 0.404 e. The largest absolute Gasteiger partial charge is 0.491 e. The number of hydrogen-bond donors (Lipinski definition) is 2. The Morgan fingerprint density at radius 3 is 2.48 bits per heavy atom. The highest BCUT2D eigenvalue weighted by Gasteiger charge is 2.54. The number of nitrogens with one attached hydrogen (secondary N) is 1. The molecule has 1 atom stereocenters. The Morgan fingerprint density at radius 1 is 1.26 bits per heavy atom. The van der Waals surface area contributed by atoms with Gasteiger partial charge in [-0.3, -0.25) is 4.98 Å². The summed E-state index contributed by atoms with van der Waals surface area (Å²) in [5.41, 5.74) is 1.60. The second-order valence-electron chi connectivity index (χ2n) is 8.32. The Kier molecular flexibility index (Phi) is 5.33. The number of hydrogen-bond acceptors (Lipinski definition) is 3. The number of halogens is 1. The summed E-state index contributed by atoms with van der Waals surface area (Å²) in [5, 5.41) is 12.6. The summed E-state index contributed by atoms with van der Waals surface area (Å²) in [6.45, 7) is 6.62. The first kappa shape index (κ1) is 19.5. The average molecular weight is 389 g/mol. The predicted octanol–water partition coefficient (Wildman–Crippen LogP) is 5.24. The van der Waals surface area contributed by atoms with Gasteiger partial charge in [0.15, 0.2) is 0 Å². The molecular formula is C21H25ClN2O3. The van der Waals surface area contributed by atoms with E-state index in [0.717, 1.165) is 24.0 Å². The number of pyridine rings is 1. The van der Waals surface area contributed by atoms with Gasteiger partial charge in [0.25, 0.3) is 0 Å². The Bertz CT molecular complexity index is 811. The molecule has 1 aliphatic rings. The van der Waals surface area contributed by atoms with Crippen LogP contribution in [0, 0.1) is 10.8 Å². The van der Waals surface area contributed by atoms with Gasteiger partial charge < -0.3 is 15.2 Å². The third-order valence-electron chi connectivity index (χ3n) is 5.06. The molecule has 1 unspecified atom stereocenters. The van der Waals surface area contributed by atoms with E-state index in [4.69, 9.17) is 16.3 Å². The van der Waals surface area contributed by atoms with Crippen molar-refractivity contribution >= 4 is 17.7 Å². The van der Waals surface area contributed by atoms with Crippen molar-refractivity contribution in [2.75, 3.05) is 6.61 Å². The molecule has 1 aromatic heterocycles. The Balaban J connectivity index is 1.73. The van der Waals surface area contributed by atoms with E-state index in [0.29, 0.717) is 17.4 Å². The molecule has 1 aromatic carbocycles. The molecule has 144 valence electrons. The maximum atomic E-state index is 11.3. The van der Waals surface area contributed by atoms with Crippen molar-refractivity contribution in [1.29, 1.82) is 0 Å². The van der Waals surface area contributed by atoms with Gasteiger partial charge in [0.1, 0.15) is 5.75 Å². The van der Waals surface area contributed by atoms with Crippen LogP contribution in [0.15, 0.2) is 42.7 Å². The van der Waals surface area contributed by atoms with Crippen LogP contribution in [0.25, 0.3) is 11.1 Å². The summed E-state index contributed by atoms with van der Waals surface area (Å²) in [6, 6.07) is 9.35. The number of nitrogens with zero attached hydrogens (tertiary/aromatic N) is 1. The van der Waals surface area contributed by atoms with Crippen LogP contribution in [-0.4, -0.2) is 28.8 Å². The van der Waals surface area contributed by atoms with E-state index >= 15 is 0 Å². The molecule has 6 heteroatoms. The SMILES string of the molecule is CC(C)(C)C(NC(=O)O)C1(COc2cncc(-c3ccc(Cl)cc3)c2)CC1. The molecular weight excluding hydrogens is 364 g/mol. The zero-order valence-corrected chi connectivity index (χ0v) is 16.6. The van der Waals surface area contributed by atoms with Crippen molar-refractivity contribution in [2.45, 2.75) is 39.7 Å². The number of aromatic nitrogens is 1. The Hall–Kier alpha value is -2.27. The van der Waals surface area contributed by atoms with Crippen molar-refractivity contribution in [3.05, 3.63) is 47.7 Å². The minimum atomic E-state index is -0.993. The summed E-state index contributed by atoms with van der Waals surface area (Å²) in [7, 11) is 0. The summed E-state index contributed by atoms with van der Waals surface area (Å²) < 4.78 is 6.06. The highest BCUT2D eigenvalue weighted by Crippen LogP contribution is 2.53. The molecule has 0 spiro atoms. The van der Waals surface area contributed by atoms with E-state index < -0.39 is 6.09 Å². The molecule has 1 heterocycles. The lowest BCUT2D eigenvalue weighted by Crippen LogP contribution is -2.51. The normalized spacial score (nSPS) is 16.4. The molecule has 0 bridgehead atoms. The van der Waals surface area contributed by atoms with Gasteiger partial charge in [-0.2, -0.15) is 0 Å². The van der Waals surface area contributed by atoms with Gasteiger partial charge >= 0.3 is 6.09 Å². The molecule has 27 heavy (non-hydrogen) atoms. The topological polar surface area (TPSA) is 71.5 Å². The molecule has 1 amide bonds. The maximum absolute atomic E-state index is 11.3. The maximum Gasteiger partial charge on any atom is 0.404 e. The summed E-state index contributed by atoms with van der Waals surface area (Å²) >= 11 is 5.95. The van der Waals surface area contributed by atoms with Crippen molar-refractivity contribution in [3.63, 3.8) is 0 Å². The third-order valence-corrected chi connectivity index (χ3v) is 5.31. The summed E-state index contributed by atoms with van der Waals surface area (Å²) in [6.07, 6.45) is 4.37. The summed E-state index contributed by atoms with van der Waals surface area (Å²) in [5.74, 6) is 0.678. The van der Waals surface area contributed by atoms with Gasteiger partial charge in [-0.25, -0.2) is 4.79 Å². The van der Waals surface area contributed by atoms with E-state index in [2.05, 4.69) is 31.1 Å². The average Bonchev–Trinajstić information content (AvgIpc) is 3.39. The molecule has 1 aliphatic carbocycles. The minimum Gasteiger partial charge on any atom is -0.491 e. The van der Waals surface area contributed by atoms with Crippen molar-refractivity contribution in [3.8, 4) is 16.9 Å². The second-order valence-corrected chi connectivity index (χ2v) is 8.75. The molecule has 0 radical (unpaired) electrons. The number of carboxylic acid groups (broad SMARTS) is 1. The molecule has 0 saturated heterocycles. The molecule has 1 fully saturated rings. The third kappa shape index (κ3) is 4.72. The van der Waals surface area contributed by atoms with Crippen LogP contribution in [0.1, 0.15) is 33.6 Å². The highest BCUT2D eigenvalue weighted by molar-refractivity contribution is 6.30. The van der Waals surface area contributed by atoms with Crippen molar-refractivity contribution in [2.24, 2.45) is 10.8 Å². The van der Waals surface area contributed by atoms with E-state index in [1.165, 1.54) is 0 Å². The zero-order chi connectivity index (χ0) is 19.7. The lowest BCUT2D eigenvalue weighted by atomic mass is 9.77. The van der Waals surface area contributed by atoms with Crippen LogP contribution in [0.2, 0.25) is 5.02 Å². The molecule has 5 nitrogen and oxygen atoms in total. The van der Waals surface area contributed by atoms with Gasteiger partial charge in [-0.05, 0) is 42.0 Å². The number of carbonyl (C=O) groups is 1. The zero-order valence-electron chi connectivity index (χ0n) is 15.8. The molecule has 1 saturated carbocycles. The first-order chi connectivity index (χ1) is 12.7. The van der Waals surface area contributed by atoms with E-state index in [1.54, 1.807) is 12.4 Å². The fourth-order valence-electron chi connectivity index (χ4n) is 3.61. The fraction of sp³-hybridized carbons (Fsp3) is 0.429. The first-order valence-electron chi connectivity index (χ1n) is 9.03. The second kappa shape index (κ2) is 7.39. The van der Waals surface area contributed by atoms with Gasteiger partial charge in [0, 0.05) is 28.2 Å². The fourth-order valence-corrected chi connectivity index (χ4v) is 3.74. The highest BCUT2D eigenvalue weighted by atomic mass is 35.5. The van der Waals surface area contributed by atoms with Crippen molar-refractivity contribution < 1.29 is 14.6 Å². The van der Waals surface area contributed by atoms with Gasteiger partial charge in [-0.15, -0.1) is 0 Å². The van der Waals surface area contributed by atoms with Crippen LogP contribution in [0.5, 0.6) is 5.75 Å². The van der Waals surface area contributed by atoms with E-state index in [1.807, 2.05) is 30.3 Å². The quantitative estimate of drug-likeness (QED) is 0.709. The minimum absolute atomic E-state index is 0.171. The summed E-state index contributed by atoms with van der Waals surface area (Å²) in [4.78, 5) is 15.5. The van der Waals surface area contributed by atoms with Gasteiger partial charge in [0.05, 0.1) is 12.8 Å². The van der Waals surface area contributed by atoms with Crippen LogP contribution in [0.3, 0.4) is 0 Å². The Morgan fingerprint density at radius 2 is 1.93 bits per heavy atom. The van der Waals surface area contributed by atoms with Crippen LogP contribution in [-0.2, 0) is 0 Å². The predicted molar refractivity (Wildman–Crippen MR) is 106 cm³/mol. The van der Waals surface area contributed by atoms with E-state index in [-0.39, 0.29) is 16.9 Å². The number of benzene rings is 1. The first-order valence-corrected chi connectivity index (χ1v) is 9.41. The molecule has 0 aliphatic heterocycles. The van der Waals surface area contributed by atoms with Crippen LogP contribution >= 0.6 is 11.6 Å². The number of ether oxygens (including phenoxy) is 1. The van der Waals surface area contributed by atoms with Gasteiger partial charge in [-0.1, -0.05) is 44.5 Å². The molecule has 2 N–H and O–H groups in total.